The van der Waals surface area contributed by atoms with Crippen molar-refractivity contribution in [2.24, 2.45) is 0 Å². The molecule has 0 bridgehead atoms. The zero-order chi connectivity index (χ0) is 18.3. The molecule has 2 heterocycles. The number of H-pyrrole nitrogens is 1. The van der Waals surface area contributed by atoms with Gasteiger partial charge in [-0.25, -0.2) is 4.79 Å². The van der Waals surface area contributed by atoms with Gasteiger partial charge in [0.05, 0.1) is 12.0 Å². The van der Waals surface area contributed by atoms with Gasteiger partial charge in [0, 0.05) is 11.1 Å². The van der Waals surface area contributed by atoms with Crippen molar-refractivity contribution in [2.75, 3.05) is 6.61 Å². The molecule has 0 aliphatic rings. The van der Waals surface area contributed by atoms with Gasteiger partial charge in [-0.15, -0.1) is 11.3 Å². The fraction of sp³-hybridized carbons (Fsp3) is 0.368. The van der Waals surface area contributed by atoms with Gasteiger partial charge in [0.25, 0.3) is 0 Å². The summed E-state index contributed by atoms with van der Waals surface area (Å²) in [5.74, 6) is -0.586. The lowest BCUT2D eigenvalue weighted by atomic mass is 10.1. The van der Waals surface area contributed by atoms with Crippen LogP contribution in [-0.4, -0.2) is 17.6 Å². The van der Waals surface area contributed by atoms with Gasteiger partial charge in [-0.1, -0.05) is 32.1 Å². The highest BCUT2D eigenvalue weighted by molar-refractivity contribution is 7.19. The van der Waals surface area contributed by atoms with Gasteiger partial charge in [-0.2, -0.15) is 0 Å². The van der Waals surface area contributed by atoms with Gasteiger partial charge >= 0.3 is 5.97 Å². The minimum absolute atomic E-state index is 0.0508. The van der Waals surface area contributed by atoms with Crippen LogP contribution in [0.15, 0.2) is 29.2 Å². The molecule has 0 spiro atoms. The number of pyridine rings is 1. The average molecular weight is 347 g/mol. The number of ether oxygens (including phenoxy) is 1. The zero-order valence-corrected chi connectivity index (χ0v) is 16.0. The third-order valence-electron chi connectivity index (χ3n) is 3.38. The van der Waals surface area contributed by atoms with E-state index in [-0.39, 0.29) is 17.6 Å². The summed E-state index contributed by atoms with van der Waals surface area (Å²) in [6, 6.07) is 0. The fourth-order valence-electron chi connectivity index (χ4n) is 2.34. The molecule has 0 aromatic carbocycles. The highest BCUT2D eigenvalue weighted by Crippen LogP contribution is 2.33. The number of aromatic nitrogens is 1. The number of thiophene rings is 1. The van der Waals surface area contributed by atoms with Crippen molar-refractivity contribution in [3.8, 4) is 0 Å². The first-order valence-corrected chi connectivity index (χ1v) is 8.98. The van der Waals surface area contributed by atoms with Gasteiger partial charge in [0.2, 0.25) is 5.43 Å². The molecule has 4 nitrogen and oxygen atoms in total. The maximum absolute atomic E-state index is 12.6. The van der Waals surface area contributed by atoms with Crippen molar-refractivity contribution in [3.05, 3.63) is 50.7 Å². The Morgan fingerprint density at radius 2 is 2.00 bits per heavy atom. The Bertz CT molecular complexity index is 825. The molecule has 2 aromatic rings. The van der Waals surface area contributed by atoms with Crippen LogP contribution in [0, 0.1) is 6.92 Å². The second-order valence-electron chi connectivity index (χ2n) is 4.76. The van der Waals surface area contributed by atoms with Crippen LogP contribution >= 0.6 is 11.3 Å². The van der Waals surface area contributed by atoms with E-state index in [0.717, 1.165) is 20.8 Å². The lowest BCUT2D eigenvalue weighted by Gasteiger charge is -2.01. The number of rotatable bonds is 4. The number of carbonyl (C=O) groups is 1. The van der Waals surface area contributed by atoms with Crippen molar-refractivity contribution < 1.29 is 9.53 Å². The number of carbonyl (C=O) groups excluding carboxylic acids is 1. The molecule has 1 N–H and O–H groups in total. The lowest BCUT2D eigenvalue weighted by Crippen LogP contribution is -2.18. The monoisotopic (exact) mass is 347 g/mol. The summed E-state index contributed by atoms with van der Waals surface area (Å²) < 4.78 is 4.93. The Balaban J connectivity index is 0.00000139. The summed E-state index contributed by atoms with van der Waals surface area (Å²) >= 11 is 1.52. The molecule has 0 unspecified atom stereocenters. The Labute approximate surface area is 146 Å². The van der Waals surface area contributed by atoms with E-state index in [1.165, 1.54) is 17.5 Å². The Morgan fingerprint density at radius 1 is 1.33 bits per heavy atom. The van der Waals surface area contributed by atoms with Crippen LogP contribution in [0.2, 0.25) is 0 Å². The van der Waals surface area contributed by atoms with Crippen LogP contribution in [0.1, 0.15) is 55.4 Å². The van der Waals surface area contributed by atoms with E-state index in [1.54, 1.807) is 6.92 Å². The third-order valence-corrected chi connectivity index (χ3v) is 4.65. The number of aryl methyl sites for hydroxylation is 1. The first-order valence-electron chi connectivity index (χ1n) is 8.16. The van der Waals surface area contributed by atoms with E-state index in [4.69, 9.17) is 4.74 Å². The number of nitrogens with one attached hydrogen (secondary N) is 1. The molecule has 5 heteroatoms. The maximum atomic E-state index is 12.6. The second kappa shape index (κ2) is 9.23. The molecule has 0 saturated heterocycles. The molecule has 2 rings (SSSR count). The van der Waals surface area contributed by atoms with Crippen molar-refractivity contribution in [1.29, 1.82) is 0 Å². The third kappa shape index (κ3) is 3.85. The van der Waals surface area contributed by atoms with Gasteiger partial charge in [0.15, 0.2) is 0 Å². The molecule has 0 fully saturated rings. The summed E-state index contributed by atoms with van der Waals surface area (Å²) in [5.41, 5.74) is 1.73. The van der Waals surface area contributed by atoms with E-state index in [1.807, 2.05) is 52.8 Å². The van der Waals surface area contributed by atoms with E-state index < -0.39 is 5.97 Å². The standard InChI is InChI=1S/C17H19NO3S.C2H6/c1-5-8-11(6-2)15-10(4)13-14(19)12(17(20)21-7-3)9-18-16(13)22-15;1-2/h5-6,8-9H,7H2,1-4H3,(H,18,19);1-2H3/b8-5-,11-6+;. The predicted octanol–water partition coefficient (Wildman–Crippen LogP) is 5.08. The van der Waals surface area contributed by atoms with E-state index >= 15 is 0 Å². The van der Waals surface area contributed by atoms with Gasteiger partial charge in [-0.05, 0) is 38.8 Å². The SMILES string of the molecule is C/C=C\C(=C/C)c1sc2[nH]cc(C(=O)OCC)c(=O)c2c1C.CC. The number of allylic oxidation sites excluding steroid dienone is 4. The zero-order valence-electron chi connectivity index (χ0n) is 15.1. The summed E-state index contributed by atoms with van der Waals surface area (Å²) in [7, 11) is 0. The van der Waals surface area contributed by atoms with E-state index in [2.05, 4.69) is 4.98 Å². The molecule has 0 radical (unpaired) electrons. The Morgan fingerprint density at radius 3 is 2.54 bits per heavy atom. The molecular weight excluding hydrogens is 322 g/mol. The Hall–Kier alpha value is -2.14. The topological polar surface area (TPSA) is 59.2 Å². The molecule has 130 valence electrons. The molecule has 0 aliphatic heterocycles. The smallest absolute Gasteiger partial charge is 0.343 e. The van der Waals surface area contributed by atoms with Crippen molar-refractivity contribution in [2.45, 2.75) is 41.5 Å². The normalized spacial score (nSPS) is 11.5. The molecule has 2 aromatic heterocycles. The van der Waals surface area contributed by atoms with Crippen molar-refractivity contribution >= 4 is 33.1 Å². The van der Waals surface area contributed by atoms with Gasteiger partial charge < -0.3 is 9.72 Å². The van der Waals surface area contributed by atoms with Crippen LogP contribution < -0.4 is 5.43 Å². The Kier molecular flexibility index (Phi) is 7.65. The van der Waals surface area contributed by atoms with Crippen molar-refractivity contribution in [3.63, 3.8) is 0 Å². The van der Waals surface area contributed by atoms with E-state index in [9.17, 15) is 9.59 Å². The molecular formula is C19H25NO3S. The number of aromatic amines is 1. The molecule has 0 atom stereocenters. The largest absolute Gasteiger partial charge is 0.462 e. The lowest BCUT2D eigenvalue weighted by molar-refractivity contribution is 0.0524. The summed E-state index contributed by atoms with van der Waals surface area (Å²) in [4.78, 5) is 29.3. The average Bonchev–Trinajstić information content (AvgIpc) is 2.92. The summed E-state index contributed by atoms with van der Waals surface area (Å²) in [5, 5.41) is 0.564. The highest BCUT2D eigenvalue weighted by Gasteiger charge is 2.19. The predicted molar refractivity (Wildman–Crippen MR) is 103 cm³/mol. The molecule has 0 amide bonds. The van der Waals surface area contributed by atoms with Crippen molar-refractivity contribution in [1.82, 2.24) is 4.98 Å². The second-order valence-corrected chi connectivity index (χ2v) is 5.78. The van der Waals surface area contributed by atoms with E-state index in [0.29, 0.717) is 5.39 Å². The first kappa shape index (κ1) is 19.9. The molecule has 0 saturated carbocycles. The number of fused-ring (bicyclic) bond motifs is 1. The van der Waals surface area contributed by atoms with Crippen LogP contribution in [0.25, 0.3) is 15.8 Å². The first-order chi connectivity index (χ1) is 11.5. The number of hydrogen-bond acceptors (Lipinski definition) is 4. The number of hydrogen-bond donors (Lipinski definition) is 1. The molecule has 24 heavy (non-hydrogen) atoms. The summed E-state index contributed by atoms with van der Waals surface area (Å²) in [6.45, 7) is 11.8. The van der Waals surface area contributed by atoms with Crippen LogP contribution in [0.3, 0.4) is 0 Å². The minimum atomic E-state index is -0.586. The summed E-state index contributed by atoms with van der Waals surface area (Å²) in [6.07, 6.45) is 7.42. The fourth-order valence-corrected chi connectivity index (χ4v) is 3.57. The quantitative estimate of drug-likeness (QED) is 0.620. The number of esters is 1. The minimum Gasteiger partial charge on any atom is -0.462 e. The van der Waals surface area contributed by atoms with Crippen LogP contribution in [0.4, 0.5) is 0 Å². The van der Waals surface area contributed by atoms with Crippen LogP contribution in [-0.2, 0) is 4.74 Å². The molecule has 0 aliphatic carbocycles. The van der Waals surface area contributed by atoms with Crippen LogP contribution in [0.5, 0.6) is 0 Å². The van der Waals surface area contributed by atoms with Gasteiger partial charge in [0.1, 0.15) is 10.4 Å². The highest BCUT2D eigenvalue weighted by atomic mass is 32.1. The maximum Gasteiger partial charge on any atom is 0.343 e. The van der Waals surface area contributed by atoms with Gasteiger partial charge in [-0.3, -0.25) is 4.79 Å².